The summed E-state index contributed by atoms with van der Waals surface area (Å²) in [5.74, 6) is 0.214. The smallest absolute Gasteiger partial charge is 0.244 e. The molecule has 1 atom stereocenters. The van der Waals surface area contributed by atoms with Crippen LogP contribution in [0, 0.1) is 0 Å². The van der Waals surface area contributed by atoms with Gasteiger partial charge in [0, 0.05) is 18.8 Å². The molecule has 1 heterocycles. The Morgan fingerprint density at radius 2 is 1.78 bits per heavy atom. The summed E-state index contributed by atoms with van der Waals surface area (Å²) in [7, 11) is 0. The van der Waals surface area contributed by atoms with Crippen LogP contribution in [-0.4, -0.2) is 29.9 Å². The molecule has 23 heavy (non-hydrogen) atoms. The van der Waals surface area contributed by atoms with Crippen molar-refractivity contribution in [2.45, 2.75) is 32.2 Å². The molecule has 118 valence electrons. The van der Waals surface area contributed by atoms with Crippen molar-refractivity contribution in [1.29, 1.82) is 0 Å². The highest BCUT2D eigenvalue weighted by Gasteiger charge is 2.24. The molecule has 3 heteroatoms. The number of nitrogens with zero attached hydrogens (tertiary/aromatic N) is 1. The summed E-state index contributed by atoms with van der Waals surface area (Å²) in [5.41, 5.74) is 6.44. The molecule has 1 aliphatic heterocycles. The zero-order valence-corrected chi connectivity index (χ0v) is 13.5. The largest absolute Gasteiger partial charge is 0.374 e. The van der Waals surface area contributed by atoms with Crippen LogP contribution in [0.25, 0.3) is 11.1 Å². The van der Waals surface area contributed by atoms with Crippen molar-refractivity contribution < 1.29 is 4.79 Å². The predicted octanol–water partition coefficient (Wildman–Crippen LogP) is 3.68. The van der Waals surface area contributed by atoms with Crippen LogP contribution in [0.3, 0.4) is 0 Å². The van der Waals surface area contributed by atoms with Crippen LogP contribution < -0.4 is 5.32 Å². The number of likely N-dealkylation sites (tertiary alicyclic amines) is 1. The van der Waals surface area contributed by atoms with Gasteiger partial charge < -0.3 is 10.2 Å². The van der Waals surface area contributed by atoms with E-state index in [0.717, 1.165) is 38.0 Å². The quantitative estimate of drug-likeness (QED) is 0.800. The first-order valence-electron chi connectivity index (χ1n) is 8.49. The number of fused-ring (bicyclic) bond motifs is 3. The summed E-state index contributed by atoms with van der Waals surface area (Å²) in [4.78, 5) is 14.4. The molecule has 0 spiro atoms. The third kappa shape index (κ3) is 2.61. The summed E-state index contributed by atoms with van der Waals surface area (Å²) in [6, 6.07) is 14.9. The molecular weight excluding hydrogens is 284 g/mol. The van der Waals surface area contributed by atoms with E-state index in [0.29, 0.717) is 0 Å². The lowest BCUT2D eigenvalue weighted by molar-refractivity contribution is -0.130. The highest BCUT2D eigenvalue weighted by Crippen LogP contribution is 2.37. The molecule has 1 N–H and O–H groups in total. The average molecular weight is 306 g/mol. The van der Waals surface area contributed by atoms with Crippen LogP contribution in [0.15, 0.2) is 42.5 Å². The van der Waals surface area contributed by atoms with E-state index in [-0.39, 0.29) is 11.9 Å². The fraction of sp³-hybridized carbons (Fsp3) is 0.350. The minimum absolute atomic E-state index is 0.171. The number of rotatable bonds is 3. The van der Waals surface area contributed by atoms with Gasteiger partial charge in [0.25, 0.3) is 0 Å². The van der Waals surface area contributed by atoms with Gasteiger partial charge in [-0.2, -0.15) is 0 Å². The van der Waals surface area contributed by atoms with Crippen molar-refractivity contribution in [1.82, 2.24) is 4.90 Å². The van der Waals surface area contributed by atoms with Gasteiger partial charge in [0.2, 0.25) is 5.91 Å². The van der Waals surface area contributed by atoms with Crippen molar-refractivity contribution in [2.75, 3.05) is 18.4 Å². The predicted molar refractivity (Wildman–Crippen MR) is 93.6 cm³/mol. The summed E-state index contributed by atoms with van der Waals surface area (Å²) in [6.07, 6.45) is 3.25. The van der Waals surface area contributed by atoms with E-state index in [9.17, 15) is 4.79 Å². The maximum absolute atomic E-state index is 12.4. The number of anilines is 1. The maximum Gasteiger partial charge on any atom is 0.244 e. The molecule has 1 fully saturated rings. The summed E-state index contributed by atoms with van der Waals surface area (Å²) < 4.78 is 0. The Labute approximate surface area is 137 Å². The van der Waals surface area contributed by atoms with Crippen LogP contribution in [0.1, 0.15) is 30.9 Å². The molecule has 1 unspecified atom stereocenters. The molecule has 1 aliphatic carbocycles. The van der Waals surface area contributed by atoms with Crippen molar-refractivity contribution in [3.8, 4) is 11.1 Å². The molecule has 2 aliphatic rings. The van der Waals surface area contributed by atoms with Crippen LogP contribution in [0.4, 0.5) is 5.69 Å². The van der Waals surface area contributed by atoms with Gasteiger partial charge in [-0.1, -0.05) is 30.3 Å². The van der Waals surface area contributed by atoms with E-state index < -0.39 is 0 Å². The minimum atomic E-state index is -0.171. The van der Waals surface area contributed by atoms with Crippen molar-refractivity contribution in [3.63, 3.8) is 0 Å². The van der Waals surface area contributed by atoms with Gasteiger partial charge in [0.15, 0.2) is 0 Å². The second-order valence-electron chi connectivity index (χ2n) is 6.60. The molecule has 1 amide bonds. The van der Waals surface area contributed by atoms with Gasteiger partial charge in [-0.05, 0) is 60.6 Å². The SMILES string of the molecule is CC(Nc1ccc2c(c1)Cc1ccccc1-2)C(=O)N1CCCC1. The average Bonchev–Trinajstić information content (AvgIpc) is 3.21. The normalized spacial score (nSPS) is 16.8. The molecule has 2 aromatic rings. The van der Waals surface area contributed by atoms with E-state index in [1.54, 1.807) is 0 Å². The number of carbonyl (C=O) groups is 1. The second-order valence-corrected chi connectivity index (χ2v) is 6.60. The Kier molecular flexibility index (Phi) is 3.56. The van der Waals surface area contributed by atoms with Gasteiger partial charge in [-0.15, -0.1) is 0 Å². The first-order valence-corrected chi connectivity index (χ1v) is 8.49. The highest BCUT2D eigenvalue weighted by molar-refractivity contribution is 5.85. The second kappa shape index (κ2) is 5.73. The lowest BCUT2D eigenvalue weighted by Gasteiger charge is -2.22. The highest BCUT2D eigenvalue weighted by atomic mass is 16.2. The van der Waals surface area contributed by atoms with E-state index in [1.165, 1.54) is 22.3 Å². The number of hydrogen-bond donors (Lipinski definition) is 1. The lowest BCUT2D eigenvalue weighted by atomic mass is 10.1. The van der Waals surface area contributed by atoms with E-state index in [4.69, 9.17) is 0 Å². The van der Waals surface area contributed by atoms with Crippen LogP contribution >= 0.6 is 0 Å². The molecule has 0 bridgehead atoms. The number of amides is 1. The van der Waals surface area contributed by atoms with Gasteiger partial charge in [0.1, 0.15) is 6.04 Å². The summed E-state index contributed by atoms with van der Waals surface area (Å²) in [6.45, 7) is 3.78. The van der Waals surface area contributed by atoms with Crippen LogP contribution in [-0.2, 0) is 11.2 Å². The third-order valence-electron chi connectivity index (χ3n) is 4.97. The molecule has 0 saturated carbocycles. The summed E-state index contributed by atoms with van der Waals surface area (Å²) >= 11 is 0. The van der Waals surface area contributed by atoms with Crippen LogP contribution in [0.2, 0.25) is 0 Å². The Morgan fingerprint density at radius 3 is 2.61 bits per heavy atom. The monoisotopic (exact) mass is 306 g/mol. The Bertz CT molecular complexity index is 747. The lowest BCUT2D eigenvalue weighted by Crippen LogP contribution is -2.39. The van der Waals surface area contributed by atoms with E-state index in [1.807, 2.05) is 11.8 Å². The maximum atomic E-state index is 12.4. The molecular formula is C20H22N2O. The first kappa shape index (κ1) is 14.3. The van der Waals surface area contributed by atoms with E-state index in [2.05, 4.69) is 47.8 Å². The third-order valence-corrected chi connectivity index (χ3v) is 4.97. The van der Waals surface area contributed by atoms with E-state index >= 15 is 0 Å². The Hall–Kier alpha value is -2.29. The van der Waals surface area contributed by atoms with Gasteiger partial charge in [-0.25, -0.2) is 0 Å². The molecule has 3 nitrogen and oxygen atoms in total. The number of carbonyl (C=O) groups excluding carboxylic acids is 1. The van der Waals surface area contributed by atoms with Crippen molar-refractivity contribution >= 4 is 11.6 Å². The van der Waals surface area contributed by atoms with Gasteiger partial charge in [-0.3, -0.25) is 4.79 Å². The fourth-order valence-electron chi connectivity index (χ4n) is 3.76. The van der Waals surface area contributed by atoms with Crippen molar-refractivity contribution in [2.24, 2.45) is 0 Å². The first-order chi connectivity index (χ1) is 11.2. The fourth-order valence-corrected chi connectivity index (χ4v) is 3.76. The molecule has 0 radical (unpaired) electrons. The molecule has 4 rings (SSSR count). The number of hydrogen-bond acceptors (Lipinski definition) is 2. The summed E-state index contributed by atoms with van der Waals surface area (Å²) in [5, 5.41) is 3.38. The Morgan fingerprint density at radius 1 is 1.04 bits per heavy atom. The van der Waals surface area contributed by atoms with Gasteiger partial charge >= 0.3 is 0 Å². The van der Waals surface area contributed by atoms with Crippen molar-refractivity contribution in [3.05, 3.63) is 53.6 Å². The standard InChI is InChI=1S/C20H22N2O/c1-14(20(23)22-10-4-5-11-22)21-17-8-9-19-16(13-17)12-15-6-2-3-7-18(15)19/h2-3,6-9,13-14,21H,4-5,10-12H2,1H3. The van der Waals surface area contributed by atoms with Crippen LogP contribution in [0.5, 0.6) is 0 Å². The molecule has 0 aromatic heterocycles. The van der Waals surface area contributed by atoms with Gasteiger partial charge in [0.05, 0.1) is 0 Å². The Balaban J connectivity index is 1.51. The minimum Gasteiger partial charge on any atom is -0.374 e. The number of benzene rings is 2. The topological polar surface area (TPSA) is 32.3 Å². The zero-order valence-electron chi connectivity index (χ0n) is 13.5. The zero-order chi connectivity index (χ0) is 15.8. The number of nitrogens with one attached hydrogen (secondary N) is 1. The molecule has 2 aromatic carbocycles. The molecule has 1 saturated heterocycles.